The molecule has 1 heterocycles. The minimum atomic E-state index is -0.257. The van der Waals surface area contributed by atoms with Crippen molar-refractivity contribution in [2.24, 2.45) is 17.8 Å². The summed E-state index contributed by atoms with van der Waals surface area (Å²) in [5.41, 5.74) is 7.98. The number of nitrogens with two attached hydrogens (primary N) is 1. The second-order valence-corrected chi connectivity index (χ2v) is 6.70. The third kappa shape index (κ3) is 3.77. The van der Waals surface area contributed by atoms with Gasteiger partial charge in [-0.15, -0.1) is 5.10 Å². The van der Waals surface area contributed by atoms with Crippen LogP contribution in [0.15, 0.2) is 53.5 Å². The van der Waals surface area contributed by atoms with Gasteiger partial charge in [-0.25, -0.2) is 4.39 Å². The van der Waals surface area contributed by atoms with Crippen LogP contribution in [0.5, 0.6) is 0 Å². The number of aliphatic imine (C=N–C) groups is 1. The van der Waals surface area contributed by atoms with Gasteiger partial charge in [-0.1, -0.05) is 61.2 Å². The van der Waals surface area contributed by atoms with Crippen LogP contribution in [0, 0.1) is 5.82 Å². The minimum Gasteiger partial charge on any atom is -0.378 e. The Labute approximate surface area is 156 Å². The Hall–Kier alpha value is -2.67. The first kappa shape index (κ1) is 18.1. The van der Waals surface area contributed by atoms with Crippen LogP contribution < -0.4 is 5.73 Å². The lowest BCUT2D eigenvalue weighted by molar-refractivity contribution is 0.623. The molecule has 0 saturated carbocycles. The van der Waals surface area contributed by atoms with E-state index in [4.69, 9.17) is 5.73 Å². The first-order chi connectivity index (χ1) is 12.5. The van der Waals surface area contributed by atoms with E-state index in [2.05, 4.69) is 15.1 Å². The maximum absolute atomic E-state index is 14.7. The van der Waals surface area contributed by atoms with Crippen LogP contribution in [0.3, 0.4) is 0 Å². The van der Waals surface area contributed by atoms with E-state index in [1.165, 1.54) is 11.8 Å². The number of aromatic nitrogens is 3. The van der Waals surface area contributed by atoms with Gasteiger partial charge in [0.1, 0.15) is 11.6 Å². The molecule has 0 spiro atoms. The van der Waals surface area contributed by atoms with Crippen LogP contribution in [0.4, 0.5) is 10.3 Å². The number of aryl methyl sites for hydroxylation is 1. The lowest BCUT2D eigenvalue weighted by Gasteiger charge is -2.12. The summed E-state index contributed by atoms with van der Waals surface area (Å²) in [5, 5.41) is 4.66. The standard InChI is InChI=1S/C19H20FN5S/c1-12(17-22-19(24-25(17)2)23-18(21)26-3)14-9-10-15(16(20)11-14)13-7-5-4-6-8-13/h4-12H,1-3H3,(H2,21,23,24). The smallest absolute Gasteiger partial charge is 0.270 e. The Balaban J connectivity index is 1.91. The molecule has 0 aliphatic heterocycles. The van der Waals surface area contributed by atoms with Gasteiger partial charge in [-0.05, 0) is 23.4 Å². The summed E-state index contributed by atoms with van der Waals surface area (Å²) in [7, 11) is 1.79. The normalized spacial score (nSPS) is 13.0. The summed E-state index contributed by atoms with van der Waals surface area (Å²) >= 11 is 1.33. The summed E-state index contributed by atoms with van der Waals surface area (Å²) in [6.45, 7) is 1.96. The van der Waals surface area contributed by atoms with Gasteiger partial charge in [0.05, 0.1) is 0 Å². The Kier molecular flexibility index (Phi) is 5.37. The Bertz CT molecular complexity index is 936. The number of rotatable bonds is 4. The predicted octanol–water partition coefficient (Wildman–Crippen LogP) is 4.08. The van der Waals surface area contributed by atoms with Crippen molar-refractivity contribution in [1.29, 1.82) is 0 Å². The van der Waals surface area contributed by atoms with E-state index in [0.29, 0.717) is 22.5 Å². The van der Waals surface area contributed by atoms with Crippen molar-refractivity contribution in [2.75, 3.05) is 6.26 Å². The van der Waals surface area contributed by atoms with E-state index in [-0.39, 0.29) is 11.7 Å². The van der Waals surface area contributed by atoms with Crippen molar-refractivity contribution in [1.82, 2.24) is 14.8 Å². The Morgan fingerprint density at radius 1 is 1.23 bits per heavy atom. The van der Waals surface area contributed by atoms with Crippen molar-refractivity contribution < 1.29 is 4.39 Å². The lowest BCUT2D eigenvalue weighted by Crippen LogP contribution is -2.06. The highest BCUT2D eigenvalue weighted by Gasteiger charge is 2.18. The summed E-state index contributed by atoms with van der Waals surface area (Å²) in [6, 6.07) is 14.8. The Morgan fingerprint density at radius 2 is 1.96 bits per heavy atom. The van der Waals surface area contributed by atoms with Crippen molar-refractivity contribution in [3.8, 4) is 11.1 Å². The number of hydrogen-bond acceptors (Lipinski definition) is 4. The molecule has 3 rings (SSSR count). The summed E-state index contributed by atoms with van der Waals surface area (Å²) < 4.78 is 16.3. The number of nitrogens with zero attached hydrogens (tertiary/aromatic N) is 4. The van der Waals surface area contributed by atoms with E-state index in [0.717, 1.165) is 11.1 Å². The molecule has 0 fully saturated rings. The molecule has 0 radical (unpaired) electrons. The predicted molar refractivity (Wildman–Crippen MR) is 105 cm³/mol. The van der Waals surface area contributed by atoms with Crippen LogP contribution in [0.25, 0.3) is 11.1 Å². The number of thioether (sulfide) groups is 1. The van der Waals surface area contributed by atoms with E-state index in [9.17, 15) is 4.39 Å². The zero-order chi connectivity index (χ0) is 18.7. The van der Waals surface area contributed by atoms with E-state index in [1.807, 2.05) is 49.6 Å². The summed E-state index contributed by atoms with van der Waals surface area (Å²) in [5.74, 6) is 0.617. The van der Waals surface area contributed by atoms with E-state index < -0.39 is 0 Å². The maximum atomic E-state index is 14.7. The van der Waals surface area contributed by atoms with Crippen LogP contribution in [-0.4, -0.2) is 26.2 Å². The average Bonchev–Trinajstić information content (AvgIpc) is 3.01. The average molecular weight is 369 g/mol. The molecule has 134 valence electrons. The van der Waals surface area contributed by atoms with Gasteiger partial charge in [0.15, 0.2) is 5.17 Å². The molecule has 0 aliphatic rings. The van der Waals surface area contributed by atoms with E-state index in [1.54, 1.807) is 23.9 Å². The van der Waals surface area contributed by atoms with Crippen molar-refractivity contribution >= 4 is 22.9 Å². The van der Waals surface area contributed by atoms with Crippen LogP contribution in [0.1, 0.15) is 24.2 Å². The van der Waals surface area contributed by atoms with Gasteiger partial charge >= 0.3 is 0 Å². The summed E-state index contributed by atoms with van der Waals surface area (Å²) in [4.78, 5) is 8.58. The molecule has 5 nitrogen and oxygen atoms in total. The second kappa shape index (κ2) is 7.70. The third-order valence-corrected chi connectivity index (χ3v) is 4.68. The molecule has 0 bridgehead atoms. The molecule has 7 heteroatoms. The zero-order valence-corrected chi connectivity index (χ0v) is 15.7. The van der Waals surface area contributed by atoms with Crippen LogP contribution in [-0.2, 0) is 7.05 Å². The van der Waals surface area contributed by atoms with Crippen molar-refractivity contribution in [3.63, 3.8) is 0 Å². The molecule has 3 aromatic rings. The highest BCUT2D eigenvalue weighted by Crippen LogP contribution is 2.29. The number of halogens is 1. The molecule has 1 atom stereocenters. The van der Waals surface area contributed by atoms with Gasteiger partial charge < -0.3 is 5.73 Å². The SMILES string of the molecule is CSC(N)=Nc1nc(C(C)c2ccc(-c3ccccc3)c(F)c2)n(C)n1. The molecule has 0 amide bonds. The van der Waals surface area contributed by atoms with Crippen molar-refractivity contribution in [2.45, 2.75) is 12.8 Å². The summed E-state index contributed by atoms with van der Waals surface area (Å²) in [6.07, 6.45) is 1.84. The van der Waals surface area contributed by atoms with Crippen LogP contribution >= 0.6 is 11.8 Å². The second-order valence-electron chi connectivity index (χ2n) is 5.87. The molecule has 1 aromatic heterocycles. The molecule has 0 aliphatic carbocycles. The monoisotopic (exact) mass is 369 g/mol. The molecule has 26 heavy (non-hydrogen) atoms. The highest BCUT2D eigenvalue weighted by molar-refractivity contribution is 8.13. The molecule has 1 unspecified atom stereocenters. The van der Waals surface area contributed by atoms with Gasteiger partial charge in [0.2, 0.25) is 0 Å². The van der Waals surface area contributed by atoms with E-state index >= 15 is 0 Å². The number of benzene rings is 2. The highest BCUT2D eigenvalue weighted by atomic mass is 32.2. The fraction of sp³-hybridized carbons (Fsp3) is 0.211. The minimum absolute atomic E-state index is 0.133. The van der Waals surface area contributed by atoms with Gasteiger partial charge in [-0.2, -0.15) is 9.98 Å². The van der Waals surface area contributed by atoms with Crippen molar-refractivity contribution in [3.05, 3.63) is 65.7 Å². The van der Waals surface area contributed by atoms with Gasteiger partial charge in [0.25, 0.3) is 5.95 Å². The van der Waals surface area contributed by atoms with Gasteiger partial charge in [0, 0.05) is 18.5 Å². The number of amidine groups is 1. The van der Waals surface area contributed by atoms with Crippen LogP contribution in [0.2, 0.25) is 0 Å². The molecular formula is C19H20FN5S. The maximum Gasteiger partial charge on any atom is 0.270 e. The first-order valence-electron chi connectivity index (χ1n) is 8.13. The Morgan fingerprint density at radius 3 is 2.62 bits per heavy atom. The first-order valence-corrected chi connectivity index (χ1v) is 9.36. The quantitative estimate of drug-likeness (QED) is 0.556. The van der Waals surface area contributed by atoms with Gasteiger partial charge in [-0.3, -0.25) is 4.68 Å². The molecule has 2 N–H and O–H groups in total. The number of hydrogen-bond donors (Lipinski definition) is 1. The molecule has 0 saturated heterocycles. The largest absolute Gasteiger partial charge is 0.378 e. The zero-order valence-electron chi connectivity index (χ0n) is 14.8. The fourth-order valence-electron chi connectivity index (χ4n) is 2.75. The molecular weight excluding hydrogens is 349 g/mol. The lowest BCUT2D eigenvalue weighted by atomic mass is 9.96. The fourth-order valence-corrected chi connectivity index (χ4v) is 2.93. The molecule has 2 aromatic carbocycles. The topological polar surface area (TPSA) is 69.1 Å². The third-order valence-electron chi connectivity index (χ3n) is 4.17.